The van der Waals surface area contributed by atoms with Crippen molar-refractivity contribution in [3.63, 3.8) is 0 Å². The molecule has 3 aliphatic heterocycles. The Morgan fingerprint density at radius 3 is 1.64 bits per heavy atom. The number of piperazine rings is 2. The first-order chi connectivity index (χ1) is 42.0. The molecule has 5 amide bonds. The lowest BCUT2D eigenvalue weighted by molar-refractivity contribution is -0.138. The molecule has 20 heteroatoms. The van der Waals surface area contributed by atoms with E-state index in [1.165, 1.54) is 16.7 Å². The minimum Gasteiger partial charge on any atom is -0.351 e. The minimum absolute atomic E-state index is 0.0239. The van der Waals surface area contributed by atoms with Gasteiger partial charge in [0.05, 0.1) is 36.1 Å². The molecule has 4 aromatic heterocycles. The quantitative estimate of drug-likeness (QED) is 0.0912. The molecule has 3 fully saturated rings. The van der Waals surface area contributed by atoms with E-state index in [1.54, 1.807) is 29.9 Å². The highest BCUT2D eigenvalue weighted by Crippen LogP contribution is 2.41. The van der Waals surface area contributed by atoms with Crippen LogP contribution in [0.2, 0.25) is 10.0 Å². The number of rotatable bonds is 12. The number of piperidine rings is 1. The van der Waals surface area contributed by atoms with Crippen LogP contribution in [0.1, 0.15) is 87.2 Å². The zero-order chi connectivity index (χ0) is 59.1. The van der Waals surface area contributed by atoms with E-state index in [1.807, 2.05) is 112 Å². The number of benzene rings is 4. The molecule has 442 valence electrons. The molecule has 3 saturated heterocycles. The summed E-state index contributed by atoms with van der Waals surface area (Å²) in [5, 5.41) is 11.2. The molecule has 4 atom stereocenters. The number of imidazole rings is 2. The number of nitrogens with two attached hydrogens (primary N) is 1. The fourth-order valence-corrected chi connectivity index (χ4v) is 13.5. The van der Waals surface area contributed by atoms with Gasteiger partial charge in [-0.25, -0.2) is 14.8 Å². The largest absolute Gasteiger partial charge is 0.351 e. The summed E-state index contributed by atoms with van der Waals surface area (Å²) in [6.07, 6.45) is 19.9. The lowest BCUT2D eigenvalue weighted by Crippen LogP contribution is -2.60. The van der Waals surface area contributed by atoms with Crippen LogP contribution in [0.3, 0.4) is 0 Å². The van der Waals surface area contributed by atoms with Crippen LogP contribution < -0.4 is 21.7 Å². The molecular formula is C66H70Cl2N14O4. The highest BCUT2D eigenvalue weighted by Gasteiger charge is 2.43. The maximum atomic E-state index is 14.5. The number of nitrogens with one attached hydrogen (secondary N) is 3. The molecule has 8 aromatic rings. The van der Waals surface area contributed by atoms with Gasteiger partial charge in [-0.1, -0.05) is 71.7 Å². The van der Waals surface area contributed by atoms with E-state index in [4.69, 9.17) is 38.9 Å². The molecule has 2 aliphatic carbocycles. The smallest absolute Gasteiger partial charge is 0.314 e. The number of urea groups is 1. The number of aryl methyl sites for hydroxylation is 4. The topological polar surface area (TPSA) is 205 Å². The summed E-state index contributed by atoms with van der Waals surface area (Å²) in [7, 11) is 0. The first-order valence-electron chi connectivity index (χ1n) is 29.7. The third-order valence-electron chi connectivity index (χ3n) is 17.5. The number of aromatic nitrogens is 6. The second-order valence-electron chi connectivity index (χ2n) is 23.0. The first kappa shape index (κ1) is 58.1. The van der Waals surface area contributed by atoms with Crippen molar-refractivity contribution in [2.45, 2.75) is 82.2 Å². The Morgan fingerprint density at radius 1 is 0.570 bits per heavy atom. The zero-order valence-electron chi connectivity index (χ0n) is 47.9. The number of likely N-dealkylation sites (tertiary alicyclic amines) is 1. The summed E-state index contributed by atoms with van der Waals surface area (Å²) >= 11 is 12.9. The lowest BCUT2D eigenvalue weighted by Gasteiger charge is -2.45. The SMILES string of the molecule is NC(=O)N1CCC(CC(=O)N2CCN(C3c4ccc(Cl)cc4CCc4cccnc43)C(C(=O)Nc3cccc(Cn4ccnc4)c3)C2)CC1.O=C(Nc1cccc(Cn2ccnc2)c1)C1CNCCN1C1c2ccc(Cl)cc2CCc2cccnc21. The van der Waals surface area contributed by atoms with Gasteiger partial charge in [0.2, 0.25) is 17.7 Å². The number of halogens is 2. The number of carbonyl (C=O) groups is 4. The van der Waals surface area contributed by atoms with Crippen LogP contribution in [0, 0.1) is 5.92 Å². The number of hydrogen-bond acceptors (Lipinski definition) is 11. The molecule has 7 heterocycles. The second kappa shape index (κ2) is 26.6. The molecule has 4 unspecified atom stereocenters. The monoisotopic (exact) mass is 1190 g/mol. The Bertz CT molecular complexity index is 3710. The van der Waals surface area contributed by atoms with E-state index in [0.29, 0.717) is 62.9 Å². The maximum absolute atomic E-state index is 14.5. The number of hydrogen-bond donors (Lipinski definition) is 4. The van der Waals surface area contributed by atoms with Gasteiger partial charge in [0.15, 0.2) is 0 Å². The molecule has 86 heavy (non-hydrogen) atoms. The van der Waals surface area contributed by atoms with Gasteiger partial charge < -0.3 is 40.6 Å². The number of amides is 5. The van der Waals surface area contributed by atoms with Gasteiger partial charge in [-0.05, 0) is 150 Å². The fourth-order valence-electron chi connectivity index (χ4n) is 13.1. The third-order valence-corrected chi connectivity index (χ3v) is 17.9. The fraction of sp³-hybridized carbons (Fsp3) is 0.333. The summed E-state index contributed by atoms with van der Waals surface area (Å²) in [5.74, 6) is -0.00130. The van der Waals surface area contributed by atoms with Gasteiger partial charge in [-0.15, -0.1) is 0 Å². The minimum atomic E-state index is -0.645. The summed E-state index contributed by atoms with van der Waals surface area (Å²) in [4.78, 5) is 79.7. The second-order valence-corrected chi connectivity index (χ2v) is 23.8. The average molecular weight is 1190 g/mol. The van der Waals surface area contributed by atoms with Crippen molar-refractivity contribution in [2.75, 3.05) is 63.0 Å². The molecule has 0 bridgehead atoms. The maximum Gasteiger partial charge on any atom is 0.314 e. The molecule has 5 N–H and O–H groups in total. The van der Waals surface area contributed by atoms with Crippen LogP contribution in [0.4, 0.5) is 16.2 Å². The lowest BCUT2D eigenvalue weighted by atomic mass is 9.92. The number of fused-ring (bicyclic) bond motifs is 4. The number of nitrogens with zero attached hydrogens (tertiary/aromatic N) is 10. The summed E-state index contributed by atoms with van der Waals surface area (Å²) in [5.41, 5.74) is 18.1. The zero-order valence-corrected chi connectivity index (χ0v) is 49.4. The number of primary amides is 1. The van der Waals surface area contributed by atoms with Crippen LogP contribution in [-0.2, 0) is 53.2 Å². The Labute approximate surface area is 510 Å². The summed E-state index contributed by atoms with van der Waals surface area (Å²) < 4.78 is 3.99. The van der Waals surface area contributed by atoms with E-state index in [9.17, 15) is 19.2 Å². The molecule has 5 aliphatic rings. The van der Waals surface area contributed by atoms with Gasteiger partial charge in [0.25, 0.3) is 0 Å². The average Bonchev–Trinajstić information content (AvgIpc) is 2.95. The molecular weight excluding hydrogens is 1120 g/mol. The van der Waals surface area contributed by atoms with Crippen LogP contribution in [0.25, 0.3) is 0 Å². The standard InChI is InChI=1S/C37H41ClN8O3.C29H29ClN6O/c38-29-8-9-31-28(21-29)7-6-27-4-2-12-41-34(27)35(31)46-18-17-45(33(47)20-25-10-14-44(15-11-25)37(39)49)23-32(46)36(48)42-30-5-1-3-26(19-30)22-43-16-13-40-24-43;30-23-8-9-25-22(16-23)7-6-21-4-2-10-33-27(21)28(25)36-14-12-31-17-26(36)29(37)34-24-5-1-3-20(15-24)18-35-13-11-32-19-35/h1-5,8-9,12-13,16,19,21,24-25,32,35H,6-7,10-11,14-15,17-18,20,22-23H2,(H2,39,49)(H,42,48);1-5,8-11,13,15-16,19,26,28,31H,6-7,12,14,17-18H2,(H,34,37). The molecule has 4 aromatic carbocycles. The van der Waals surface area contributed by atoms with E-state index in [0.717, 1.165) is 102 Å². The van der Waals surface area contributed by atoms with Crippen molar-refractivity contribution in [1.82, 2.24) is 54.0 Å². The molecule has 0 spiro atoms. The summed E-state index contributed by atoms with van der Waals surface area (Å²) in [6, 6.07) is 34.4. The van der Waals surface area contributed by atoms with Crippen LogP contribution in [0.15, 0.2) is 159 Å². The molecule has 0 saturated carbocycles. The molecule has 13 rings (SSSR count). The van der Waals surface area contributed by atoms with E-state index < -0.39 is 12.1 Å². The molecule has 0 radical (unpaired) electrons. The van der Waals surface area contributed by atoms with Crippen LogP contribution >= 0.6 is 23.2 Å². The van der Waals surface area contributed by atoms with Crippen molar-refractivity contribution < 1.29 is 19.2 Å². The predicted octanol–water partition coefficient (Wildman–Crippen LogP) is 8.58. The van der Waals surface area contributed by atoms with E-state index in [-0.39, 0.29) is 48.3 Å². The van der Waals surface area contributed by atoms with Crippen molar-refractivity contribution in [3.8, 4) is 0 Å². The van der Waals surface area contributed by atoms with Gasteiger partial charge in [0.1, 0.15) is 12.1 Å². The van der Waals surface area contributed by atoms with E-state index in [2.05, 4.69) is 72.1 Å². The predicted molar refractivity (Wildman–Crippen MR) is 332 cm³/mol. The van der Waals surface area contributed by atoms with E-state index >= 15 is 0 Å². The number of carbonyl (C=O) groups excluding carboxylic acids is 4. The van der Waals surface area contributed by atoms with Gasteiger partial charge in [-0.2, -0.15) is 0 Å². The third kappa shape index (κ3) is 13.4. The van der Waals surface area contributed by atoms with Crippen molar-refractivity contribution >= 4 is 58.3 Å². The van der Waals surface area contributed by atoms with Gasteiger partial charge in [0, 0.05) is 130 Å². The Hall–Kier alpha value is -8.26. The Morgan fingerprint density at radius 2 is 1.10 bits per heavy atom. The van der Waals surface area contributed by atoms with Crippen molar-refractivity contribution in [1.29, 1.82) is 0 Å². The highest BCUT2D eigenvalue weighted by molar-refractivity contribution is 6.31. The molecule has 18 nitrogen and oxygen atoms in total. The van der Waals surface area contributed by atoms with Gasteiger partial charge >= 0.3 is 6.03 Å². The number of anilines is 2. The first-order valence-corrected chi connectivity index (χ1v) is 30.4. The van der Waals surface area contributed by atoms with Crippen LogP contribution in [0.5, 0.6) is 0 Å². The summed E-state index contributed by atoms with van der Waals surface area (Å²) in [6.45, 7) is 5.80. The highest BCUT2D eigenvalue weighted by atomic mass is 35.5. The van der Waals surface area contributed by atoms with Crippen LogP contribution in [-0.4, -0.2) is 137 Å². The number of pyridine rings is 2. The van der Waals surface area contributed by atoms with Gasteiger partial charge in [-0.3, -0.25) is 34.2 Å². The van der Waals surface area contributed by atoms with Crippen molar-refractivity contribution in [3.05, 3.63) is 225 Å². The van der Waals surface area contributed by atoms with Crippen molar-refractivity contribution in [2.24, 2.45) is 11.7 Å². The normalized spacial score (nSPS) is 19.7. The Kier molecular flexibility index (Phi) is 18.0. The Balaban J connectivity index is 0.000000175.